The van der Waals surface area contributed by atoms with Gasteiger partial charge in [-0.05, 0) is 50.6 Å². The molecule has 0 bridgehead atoms. The summed E-state index contributed by atoms with van der Waals surface area (Å²) in [5.74, 6) is 1.06. The second-order valence-corrected chi connectivity index (χ2v) is 6.50. The van der Waals surface area contributed by atoms with Crippen LogP contribution in [0.5, 0.6) is 11.5 Å². The van der Waals surface area contributed by atoms with Crippen molar-refractivity contribution in [3.8, 4) is 11.5 Å². The number of halogens is 1. The first-order valence-corrected chi connectivity index (χ1v) is 8.78. The minimum absolute atomic E-state index is 0.148. The molecule has 0 saturated carbocycles. The van der Waals surface area contributed by atoms with Crippen LogP contribution in [0.25, 0.3) is 0 Å². The highest BCUT2D eigenvalue weighted by atomic mass is 79.9. The SMILES string of the molecule is CC(C)OCCCNC(=O)c1ccccc1Oc1cccc(Br)c1. The van der Waals surface area contributed by atoms with Crippen LogP contribution in [-0.4, -0.2) is 25.2 Å². The second-order valence-electron chi connectivity index (χ2n) is 5.58. The van der Waals surface area contributed by atoms with E-state index < -0.39 is 0 Å². The van der Waals surface area contributed by atoms with Crippen molar-refractivity contribution in [1.29, 1.82) is 0 Å². The first-order valence-electron chi connectivity index (χ1n) is 7.98. The van der Waals surface area contributed by atoms with Crippen molar-refractivity contribution in [3.05, 3.63) is 58.6 Å². The minimum Gasteiger partial charge on any atom is -0.456 e. The van der Waals surface area contributed by atoms with E-state index in [9.17, 15) is 4.79 Å². The summed E-state index contributed by atoms with van der Waals surface area (Å²) in [6.45, 7) is 5.19. The zero-order chi connectivity index (χ0) is 17.4. The molecule has 2 aromatic carbocycles. The summed E-state index contributed by atoms with van der Waals surface area (Å²) in [4.78, 5) is 12.4. The maximum absolute atomic E-state index is 12.4. The molecule has 128 valence electrons. The number of amides is 1. The van der Waals surface area contributed by atoms with E-state index in [-0.39, 0.29) is 12.0 Å². The Balaban J connectivity index is 1.96. The number of nitrogens with one attached hydrogen (secondary N) is 1. The van der Waals surface area contributed by atoms with Crippen molar-refractivity contribution in [1.82, 2.24) is 5.32 Å². The highest BCUT2D eigenvalue weighted by Gasteiger charge is 2.12. The predicted octanol–water partition coefficient (Wildman–Crippen LogP) is 4.79. The lowest BCUT2D eigenvalue weighted by molar-refractivity contribution is 0.0757. The van der Waals surface area contributed by atoms with Gasteiger partial charge in [0.25, 0.3) is 5.91 Å². The van der Waals surface area contributed by atoms with Crippen LogP contribution in [0.3, 0.4) is 0 Å². The summed E-state index contributed by atoms with van der Waals surface area (Å²) in [6.07, 6.45) is 0.985. The van der Waals surface area contributed by atoms with Crippen LogP contribution < -0.4 is 10.1 Å². The average Bonchev–Trinajstić information content (AvgIpc) is 2.54. The van der Waals surface area contributed by atoms with Gasteiger partial charge in [0.05, 0.1) is 11.7 Å². The number of para-hydroxylation sites is 1. The van der Waals surface area contributed by atoms with Gasteiger partial charge in [-0.3, -0.25) is 4.79 Å². The normalized spacial score (nSPS) is 10.7. The summed E-state index contributed by atoms with van der Waals surface area (Å²) in [7, 11) is 0. The molecule has 0 spiro atoms. The number of carbonyl (C=O) groups is 1. The van der Waals surface area contributed by atoms with E-state index in [0.717, 1.165) is 10.9 Å². The Morgan fingerprint density at radius 2 is 1.96 bits per heavy atom. The maximum atomic E-state index is 12.4. The Hall–Kier alpha value is -1.85. The lowest BCUT2D eigenvalue weighted by Gasteiger charge is -2.12. The van der Waals surface area contributed by atoms with E-state index in [1.54, 1.807) is 12.1 Å². The second kappa shape index (κ2) is 9.45. The van der Waals surface area contributed by atoms with Gasteiger partial charge in [-0.2, -0.15) is 0 Å². The van der Waals surface area contributed by atoms with Crippen LogP contribution >= 0.6 is 15.9 Å². The molecule has 0 unspecified atom stereocenters. The number of hydrogen-bond donors (Lipinski definition) is 1. The van der Waals surface area contributed by atoms with Crippen LogP contribution in [0, 0.1) is 0 Å². The molecular weight excluding hydrogens is 370 g/mol. The highest BCUT2D eigenvalue weighted by molar-refractivity contribution is 9.10. The molecular formula is C19H22BrNO3. The molecule has 0 aromatic heterocycles. The fourth-order valence-corrected chi connectivity index (χ4v) is 2.47. The van der Waals surface area contributed by atoms with E-state index in [2.05, 4.69) is 21.2 Å². The predicted molar refractivity (Wildman–Crippen MR) is 98.7 cm³/mol. The Labute approximate surface area is 151 Å². The Kier molecular flexibility index (Phi) is 7.28. The summed E-state index contributed by atoms with van der Waals surface area (Å²) in [5.41, 5.74) is 0.516. The van der Waals surface area contributed by atoms with Gasteiger partial charge in [-0.1, -0.05) is 34.1 Å². The maximum Gasteiger partial charge on any atom is 0.255 e. The van der Waals surface area contributed by atoms with Crippen molar-refractivity contribution in [2.75, 3.05) is 13.2 Å². The lowest BCUT2D eigenvalue weighted by Crippen LogP contribution is -2.26. The minimum atomic E-state index is -0.148. The standard InChI is InChI=1S/C19H22BrNO3/c1-14(2)23-12-6-11-21-19(22)17-9-3-4-10-18(17)24-16-8-5-7-15(20)13-16/h3-5,7-10,13-14H,6,11-12H2,1-2H3,(H,21,22). The first-order chi connectivity index (χ1) is 11.6. The molecule has 1 amide bonds. The topological polar surface area (TPSA) is 47.6 Å². The molecule has 0 heterocycles. The first kappa shape index (κ1) is 18.5. The number of carbonyl (C=O) groups excluding carboxylic acids is 1. The molecule has 2 rings (SSSR count). The zero-order valence-corrected chi connectivity index (χ0v) is 15.5. The average molecular weight is 392 g/mol. The van der Waals surface area contributed by atoms with Crippen molar-refractivity contribution in [3.63, 3.8) is 0 Å². The highest BCUT2D eigenvalue weighted by Crippen LogP contribution is 2.27. The Morgan fingerprint density at radius 1 is 1.17 bits per heavy atom. The van der Waals surface area contributed by atoms with Gasteiger partial charge in [0.2, 0.25) is 0 Å². The molecule has 1 N–H and O–H groups in total. The number of hydrogen-bond acceptors (Lipinski definition) is 3. The quantitative estimate of drug-likeness (QED) is 0.658. The summed E-state index contributed by atoms with van der Waals surface area (Å²) in [6, 6.07) is 14.7. The number of ether oxygens (including phenoxy) is 2. The van der Waals surface area contributed by atoms with Crippen LogP contribution in [-0.2, 0) is 4.74 Å². The molecule has 0 aliphatic rings. The summed E-state index contributed by atoms with van der Waals surface area (Å²) >= 11 is 3.41. The lowest BCUT2D eigenvalue weighted by atomic mass is 10.2. The third kappa shape index (κ3) is 5.98. The van der Waals surface area contributed by atoms with Gasteiger partial charge < -0.3 is 14.8 Å². The fraction of sp³-hybridized carbons (Fsp3) is 0.316. The smallest absolute Gasteiger partial charge is 0.255 e. The van der Waals surface area contributed by atoms with Gasteiger partial charge in [0.1, 0.15) is 11.5 Å². The largest absolute Gasteiger partial charge is 0.456 e. The number of benzene rings is 2. The van der Waals surface area contributed by atoms with Gasteiger partial charge in [-0.15, -0.1) is 0 Å². The molecule has 0 saturated heterocycles. The fourth-order valence-electron chi connectivity index (χ4n) is 2.09. The van der Waals surface area contributed by atoms with Crippen molar-refractivity contribution < 1.29 is 14.3 Å². The van der Waals surface area contributed by atoms with E-state index in [1.807, 2.05) is 50.2 Å². The number of rotatable bonds is 8. The van der Waals surface area contributed by atoms with Crippen LogP contribution in [0.2, 0.25) is 0 Å². The molecule has 0 radical (unpaired) electrons. The van der Waals surface area contributed by atoms with Crippen LogP contribution in [0.4, 0.5) is 0 Å². The van der Waals surface area contributed by atoms with E-state index in [4.69, 9.17) is 9.47 Å². The molecule has 4 nitrogen and oxygen atoms in total. The summed E-state index contributed by atoms with van der Waals surface area (Å²) in [5, 5.41) is 2.90. The molecule has 5 heteroatoms. The molecule has 24 heavy (non-hydrogen) atoms. The van der Waals surface area contributed by atoms with E-state index >= 15 is 0 Å². The molecule has 0 fully saturated rings. The van der Waals surface area contributed by atoms with E-state index in [0.29, 0.717) is 30.2 Å². The van der Waals surface area contributed by atoms with Crippen molar-refractivity contribution in [2.45, 2.75) is 26.4 Å². The van der Waals surface area contributed by atoms with Gasteiger partial charge in [-0.25, -0.2) is 0 Å². The Morgan fingerprint density at radius 3 is 2.71 bits per heavy atom. The van der Waals surface area contributed by atoms with Crippen LogP contribution in [0.15, 0.2) is 53.0 Å². The monoisotopic (exact) mass is 391 g/mol. The van der Waals surface area contributed by atoms with Gasteiger partial charge in [0.15, 0.2) is 0 Å². The van der Waals surface area contributed by atoms with Gasteiger partial charge >= 0.3 is 0 Å². The van der Waals surface area contributed by atoms with Crippen LogP contribution in [0.1, 0.15) is 30.6 Å². The van der Waals surface area contributed by atoms with Gasteiger partial charge in [0, 0.05) is 17.6 Å². The molecule has 0 atom stereocenters. The van der Waals surface area contributed by atoms with E-state index in [1.165, 1.54) is 0 Å². The molecule has 0 aliphatic carbocycles. The third-order valence-corrected chi connectivity index (χ3v) is 3.71. The molecule has 0 aliphatic heterocycles. The van der Waals surface area contributed by atoms with Crippen molar-refractivity contribution >= 4 is 21.8 Å². The zero-order valence-electron chi connectivity index (χ0n) is 13.9. The Bertz CT molecular complexity index is 673. The van der Waals surface area contributed by atoms with Crippen molar-refractivity contribution in [2.24, 2.45) is 0 Å². The molecule has 2 aromatic rings. The summed E-state index contributed by atoms with van der Waals surface area (Å²) < 4.78 is 12.2. The third-order valence-electron chi connectivity index (χ3n) is 3.21.